The van der Waals surface area contributed by atoms with Crippen molar-refractivity contribution in [3.63, 3.8) is 0 Å². The lowest BCUT2D eigenvalue weighted by Crippen LogP contribution is -2.31. The quantitative estimate of drug-likeness (QED) is 0.445. The zero-order valence-corrected chi connectivity index (χ0v) is 18.3. The summed E-state index contributed by atoms with van der Waals surface area (Å²) in [6.07, 6.45) is 19.8. The molecule has 1 nitrogen and oxygen atoms in total. The fraction of sp³-hybridized carbons (Fsp3) is 0.810. The van der Waals surface area contributed by atoms with Crippen LogP contribution in [0.5, 0.6) is 0 Å². The van der Waals surface area contributed by atoms with Crippen molar-refractivity contribution in [1.29, 1.82) is 0 Å². The van der Waals surface area contributed by atoms with Crippen molar-refractivity contribution in [2.24, 2.45) is 5.92 Å². The summed E-state index contributed by atoms with van der Waals surface area (Å²) in [4.78, 5) is 2.36. The molecule has 0 aromatic carbocycles. The molecule has 0 aromatic heterocycles. The van der Waals surface area contributed by atoms with Crippen LogP contribution in [0.1, 0.15) is 71.1 Å². The van der Waals surface area contributed by atoms with Crippen molar-refractivity contribution < 1.29 is 0 Å². The highest BCUT2D eigenvalue weighted by Gasteiger charge is 2.37. The number of halogens is 1. The minimum atomic E-state index is 0.0193. The third-order valence-corrected chi connectivity index (χ3v) is 11.4. The van der Waals surface area contributed by atoms with Gasteiger partial charge in [0.05, 0.1) is 0 Å². The Morgan fingerprint density at radius 1 is 0.958 bits per heavy atom. The first-order valence-corrected chi connectivity index (χ1v) is 12.4. The second-order valence-electron chi connectivity index (χ2n) is 8.31. The van der Waals surface area contributed by atoms with Crippen LogP contribution in [0.15, 0.2) is 21.9 Å². The molecule has 3 aliphatic carbocycles. The van der Waals surface area contributed by atoms with E-state index < -0.39 is 0 Å². The maximum atomic E-state index is 4.08. The summed E-state index contributed by atoms with van der Waals surface area (Å²) in [5.41, 5.74) is 2.00. The van der Waals surface area contributed by atoms with Crippen LogP contribution < -0.4 is 0 Å². The minimum Gasteiger partial charge on any atom is -0.306 e. The van der Waals surface area contributed by atoms with Gasteiger partial charge in [-0.25, -0.2) is 0 Å². The Bertz CT molecular complexity index is 454. The van der Waals surface area contributed by atoms with E-state index in [1.807, 2.05) is 0 Å². The molecule has 136 valence electrons. The lowest BCUT2D eigenvalue weighted by molar-refractivity contribution is 0.281. The highest BCUT2D eigenvalue weighted by atomic mass is 79.9. The van der Waals surface area contributed by atoms with Crippen LogP contribution in [0.25, 0.3) is 0 Å². The molecule has 2 unspecified atom stereocenters. The normalized spacial score (nSPS) is 28.3. The zero-order valence-electron chi connectivity index (χ0n) is 15.8. The number of hydrogen-bond acceptors (Lipinski definition) is 1. The molecule has 0 N–H and O–H groups in total. The molecule has 2 saturated carbocycles. The second kappa shape index (κ2) is 8.83. The van der Waals surface area contributed by atoms with Crippen LogP contribution in [0.4, 0.5) is 0 Å². The van der Waals surface area contributed by atoms with E-state index in [0.717, 1.165) is 11.3 Å². The summed E-state index contributed by atoms with van der Waals surface area (Å²) < 4.78 is 1.53. The van der Waals surface area contributed by atoms with Crippen LogP contribution in [-0.2, 0) is 0 Å². The molecule has 0 bridgehead atoms. The molecule has 2 fully saturated rings. The van der Waals surface area contributed by atoms with Crippen molar-refractivity contribution >= 4 is 23.9 Å². The average Bonchev–Trinajstić information content (AvgIpc) is 2.98. The number of hydrogen-bond donors (Lipinski definition) is 0. The van der Waals surface area contributed by atoms with E-state index in [2.05, 4.69) is 54.0 Å². The maximum absolute atomic E-state index is 4.08. The third-order valence-electron chi connectivity index (χ3n) is 6.55. The molecule has 0 spiro atoms. The lowest BCUT2D eigenvalue weighted by Gasteiger charge is -2.39. The van der Waals surface area contributed by atoms with Gasteiger partial charge in [-0.1, -0.05) is 74.5 Å². The first-order chi connectivity index (χ1) is 11.6. The average molecular weight is 412 g/mol. The zero-order chi connectivity index (χ0) is 17.1. The molecular weight excluding hydrogens is 377 g/mol. The van der Waals surface area contributed by atoms with Crippen molar-refractivity contribution in [3.05, 3.63) is 21.9 Å². The summed E-state index contributed by atoms with van der Waals surface area (Å²) >= 11 is 4.08. The first kappa shape index (κ1) is 19.1. The van der Waals surface area contributed by atoms with Gasteiger partial charge >= 0.3 is 0 Å². The van der Waals surface area contributed by atoms with Crippen LogP contribution in [0.3, 0.4) is 0 Å². The van der Waals surface area contributed by atoms with Gasteiger partial charge in [0, 0.05) is 16.4 Å². The van der Waals surface area contributed by atoms with Crippen molar-refractivity contribution in [2.75, 3.05) is 14.1 Å². The Morgan fingerprint density at radius 3 is 1.92 bits per heavy atom. The van der Waals surface area contributed by atoms with Crippen LogP contribution in [0.2, 0.25) is 0 Å². The van der Waals surface area contributed by atoms with Crippen LogP contribution in [-0.4, -0.2) is 36.4 Å². The summed E-state index contributed by atoms with van der Waals surface area (Å²) in [5.74, 6) is 0.562. The van der Waals surface area contributed by atoms with Gasteiger partial charge in [-0.05, 0) is 63.3 Å². The predicted octanol–water partition coefficient (Wildman–Crippen LogP) is 6.88. The molecule has 0 aromatic rings. The minimum absolute atomic E-state index is 0.0193. The SMILES string of the molecule is CC(C1C=CC(P(C2CCCCC2)C2CCCCC2)=C1Br)N(C)C. The van der Waals surface area contributed by atoms with E-state index in [4.69, 9.17) is 0 Å². The van der Waals surface area contributed by atoms with Gasteiger partial charge in [-0.2, -0.15) is 0 Å². The van der Waals surface area contributed by atoms with Gasteiger partial charge < -0.3 is 4.90 Å². The highest BCUT2D eigenvalue weighted by Crippen LogP contribution is 2.64. The molecule has 3 rings (SSSR count). The van der Waals surface area contributed by atoms with Gasteiger partial charge in [0.1, 0.15) is 0 Å². The summed E-state index contributed by atoms with van der Waals surface area (Å²) in [6, 6.07) is 0.572. The van der Waals surface area contributed by atoms with Gasteiger partial charge in [-0.15, -0.1) is 0 Å². The fourth-order valence-electron chi connectivity index (χ4n) is 4.84. The second-order valence-corrected chi connectivity index (χ2v) is 11.9. The maximum Gasteiger partial charge on any atom is 0.0247 e. The Labute approximate surface area is 159 Å². The molecule has 3 aliphatic rings. The lowest BCUT2D eigenvalue weighted by atomic mass is 9.99. The Hall–Kier alpha value is 0.350. The predicted molar refractivity (Wildman–Crippen MR) is 112 cm³/mol. The monoisotopic (exact) mass is 411 g/mol. The molecule has 0 saturated heterocycles. The van der Waals surface area contributed by atoms with Gasteiger partial charge in [0.25, 0.3) is 0 Å². The molecule has 0 aliphatic heterocycles. The van der Waals surface area contributed by atoms with Gasteiger partial charge in [-0.3, -0.25) is 0 Å². The number of nitrogens with zero attached hydrogens (tertiary/aromatic N) is 1. The summed E-state index contributed by atoms with van der Waals surface area (Å²) in [7, 11) is 4.44. The van der Waals surface area contributed by atoms with E-state index in [1.165, 1.54) is 68.7 Å². The van der Waals surface area contributed by atoms with Crippen molar-refractivity contribution in [3.8, 4) is 0 Å². The third kappa shape index (κ3) is 4.18. The standard InChI is InChI=1S/C21H35BrNP/c1-16(23(2)3)19-14-15-20(21(19)22)24(17-10-6-4-7-11-17)18-12-8-5-9-13-18/h14-19H,4-13H2,1-3H3. The first-order valence-electron chi connectivity index (χ1n) is 10.1. The molecule has 0 amide bonds. The number of rotatable bonds is 5. The van der Waals surface area contributed by atoms with E-state index in [0.29, 0.717) is 12.0 Å². The van der Waals surface area contributed by atoms with Gasteiger partial charge in [0.15, 0.2) is 0 Å². The van der Waals surface area contributed by atoms with Crippen molar-refractivity contribution in [1.82, 2.24) is 4.90 Å². The molecule has 0 heterocycles. The van der Waals surface area contributed by atoms with E-state index >= 15 is 0 Å². The molecule has 2 atom stereocenters. The number of allylic oxidation sites excluding steroid dienone is 2. The highest BCUT2D eigenvalue weighted by molar-refractivity contribution is 9.11. The van der Waals surface area contributed by atoms with E-state index in [-0.39, 0.29) is 7.92 Å². The molecule has 24 heavy (non-hydrogen) atoms. The Morgan fingerprint density at radius 2 is 1.46 bits per heavy atom. The van der Waals surface area contributed by atoms with Crippen LogP contribution in [0, 0.1) is 5.92 Å². The molecule has 3 heteroatoms. The fourth-order valence-corrected chi connectivity index (χ4v) is 10.0. The summed E-state index contributed by atoms with van der Waals surface area (Å²) in [5, 5.41) is 1.74. The van der Waals surface area contributed by atoms with E-state index in [1.54, 1.807) is 5.31 Å². The van der Waals surface area contributed by atoms with Gasteiger partial charge in [0.2, 0.25) is 0 Å². The van der Waals surface area contributed by atoms with Crippen LogP contribution >= 0.6 is 23.9 Å². The van der Waals surface area contributed by atoms with E-state index in [9.17, 15) is 0 Å². The Kier molecular flexibility index (Phi) is 7.03. The van der Waals surface area contributed by atoms with Crippen molar-refractivity contribution in [2.45, 2.75) is 88.5 Å². The Balaban J connectivity index is 1.85. The topological polar surface area (TPSA) is 3.24 Å². The smallest absolute Gasteiger partial charge is 0.0247 e. The molecule has 0 radical (unpaired) electrons. The summed E-state index contributed by atoms with van der Waals surface area (Å²) in [6.45, 7) is 2.36. The molecular formula is C21H35BrNP. The largest absolute Gasteiger partial charge is 0.306 e.